The molecule has 0 bridgehead atoms. The molecule has 1 aromatic carbocycles. The third kappa shape index (κ3) is 5.51. The van der Waals surface area contributed by atoms with Crippen molar-refractivity contribution in [1.82, 2.24) is 0 Å². The lowest BCUT2D eigenvalue weighted by molar-refractivity contribution is -0.274. The highest BCUT2D eigenvalue weighted by molar-refractivity contribution is 6.37. The zero-order valence-corrected chi connectivity index (χ0v) is 17.1. The Hall–Kier alpha value is -0.973. The molecule has 26 heavy (non-hydrogen) atoms. The minimum absolute atomic E-state index is 0.123. The number of hydrogen-bond acceptors (Lipinski definition) is 1. The van der Waals surface area contributed by atoms with Gasteiger partial charge in [-0.05, 0) is 61.1 Å². The summed E-state index contributed by atoms with van der Waals surface area (Å²) in [7, 11) is 0.186. The summed E-state index contributed by atoms with van der Waals surface area (Å²) in [6.07, 6.45) is 6.14. The van der Waals surface area contributed by atoms with Crippen molar-refractivity contribution in [2.24, 2.45) is 11.8 Å². The first kappa shape index (κ1) is 19.8. The highest BCUT2D eigenvalue weighted by atomic mass is 28.2. The van der Waals surface area contributed by atoms with Crippen LogP contribution < -0.4 is 4.74 Å². The Morgan fingerprint density at radius 1 is 0.885 bits per heavy atom. The maximum atomic E-state index is 12.3. The summed E-state index contributed by atoms with van der Waals surface area (Å²) in [4.78, 5) is 0. The van der Waals surface area contributed by atoms with Crippen LogP contribution >= 0.6 is 0 Å². The van der Waals surface area contributed by atoms with E-state index in [1.807, 2.05) is 12.1 Å². The third-order valence-corrected chi connectivity index (χ3v) is 8.82. The number of benzene rings is 1. The van der Waals surface area contributed by atoms with Crippen molar-refractivity contribution in [3.05, 3.63) is 29.8 Å². The molecular weight excluding hydrogens is 353 g/mol. The molecule has 0 heterocycles. The van der Waals surface area contributed by atoms with Gasteiger partial charge in [0.2, 0.25) is 0 Å². The third-order valence-electron chi connectivity index (χ3n) is 6.61. The maximum absolute atomic E-state index is 12.3. The first-order chi connectivity index (χ1) is 12.4. The summed E-state index contributed by atoms with van der Waals surface area (Å²) in [5, 5.41) is 0. The van der Waals surface area contributed by atoms with Crippen molar-refractivity contribution in [3.63, 3.8) is 0 Å². The average Bonchev–Trinajstić information content (AvgIpc) is 2.62. The Bertz CT molecular complexity index is 541. The molecule has 2 aliphatic rings. The lowest BCUT2D eigenvalue weighted by atomic mass is 9.70. The molecule has 0 unspecified atom stereocenters. The van der Waals surface area contributed by atoms with E-state index in [4.69, 9.17) is 0 Å². The molecule has 5 heteroatoms. The largest absolute Gasteiger partial charge is 0.573 e. The molecule has 0 amide bonds. The minimum atomic E-state index is -4.61. The fourth-order valence-corrected chi connectivity index (χ4v) is 7.09. The smallest absolute Gasteiger partial charge is 0.406 e. The van der Waals surface area contributed by atoms with Gasteiger partial charge < -0.3 is 4.74 Å². The van der Waals surface area contributed by atoms with E-state index < -0.39 is 6.36 Å². The van der Waals surface area contributed by atoms with Gasteiger partial charge in [-0.3, -0.25) is 0 Å². The van der Waals surface area contributed by atoms with Crippen molar-refractivity contribution in [3.8, 4) is 5.75 Å². The van der Waals surface area contributed by atoms with E-state index in [1.54, 1.807) is 0 Å². The first-order valence-corrected chi connectivity index (χ1v) is 12.1. The van der Waals surface area contributed by atoms with E-state index in [0.717, 1.165) is 22.9 Å². The zero-order chi connectivity index (χ0) is 18.6. The molecule has 2 saturated carbocycles. The van der Waals surface area contributed by atoms with E-state index in [9.17, 15) is 13.2 Å². The molecule has 146 valence electrons. The molecule has 2 aliphatic carbocycles. The summed E-state index contributed by atoms with van der Waals surface area (Å²) in [6.45, 7) is 2.35. The van der Waals surface area contributed by atoms with Crippen LogP contribution in [0.3, 0.4) is 0 Å². The minimum Gasteiger partial charge on any atom is -0.406 e. The van der Waals surface area contributed by atoms with Gasteiger partial charge in [0.25, 0.3) is 0 Å². The van der Waals surface area contributed by atoms with Gasteiger partial charge in [0, 0.05) is 9.52 Å². The summed E-state index contributed by atoms with van der Waals surface area (Å²) >= 11 is 0. The van der Waals surface area contributed by atoms with Crippen LogP contribution in [0, 0.1) is 11.8 Å². The van der Waals surface area contributed by atoms with Crippen LogP contribution in [-0.4, -0.2) is 15.9 Å². The Morgan fingerprint density at radius 2 is 1.42 bits per heavy atom. The molecule has 1 nitrogen and oxygen atoms in total. The summed E-state index contributed by atoms with van der Waals surface area (Å²) in [6, 6.07) is 7.98. The van der Waals surface area contributed by atoms with E-state index in [0.29, 0.717) is 5.92 Å². The number of alkyl halides is 3. The van der Waals surface area contributed by atoms with E-state index in [2.05, 4.69) is 11.7 Å². The molecule has 3 rings (SSSR count). The summed E-state index contributed by atoms with van der Waals surface area (Å²) in [5.74, 6) is 2.18. The van der Waals surface area contributed by atoms with Crippen molar-refractivity contribution in [2.45, 2.75) is 82.2 Å². The lowest BCUT2D eigenvalue weighted by Gasteiger charge is -2.38. The second-order valence-corrected chi connectivity index (χ2v) is 11.0. The molecule has 0 aliphatic heterocycles. The Kier molecular flexibility index (Phi) is 6.70. The zero-order valence-electron chi connectivity index (χ0n) is 15.7. The van der Waals surface area contributed by atoms with Gasteiger partial charge in [-0.1, -0.05) is 56.3 Å². The van der Waals surface area contributed by atoms with Crippen LogP contribution in [0.2, 0.25) is 11.6 Å². The van der Waals surface area contributed by atoms with Gasteiger partial charge in [0.1, 0.15) is 5.75 Å². The molecule has 0 atom stereocenters. The molecular formula is C21H31F3OSi. The fraction of sp³-hybridized carbons (Fsp3) is 0.714. The Labute approximate surface area is 157 Å². The number of hydrogen-bond donors (Lipinski definition) is 0. The van der Waals surface area contributed by atoms with Crippen molar-refractivity contribution < 1.29 is 17.9 Å². The quantitative estimate of drug-likeness (QED) is 0.530. The van der Waals surface area contributed by atoms with Crippen molar-refractivity contribution in [2.75, 3.05) is 0 Å². The standard InChI is InChI=1S/C21H31F3OSi/c1-2-26-20-13-9-18(10-14-20)16-5-3-15(4-6-16)17-7-11-19(12-8-17)25-21(22,23)24/h7-8,11-12,15-16,18,20H,2-6,9-10,13-14,26H2,1H3. The summed E-state index contributed by atoms with van der Waals surface area (Å²) in [5.41, 5.74) is 2.26. The Balaban J connectivity index is 1.46. The predicted octanol–water partition coefficient (Wildman–Crippen LogP) is 6.44. The number of rotatable bonds is 5. The molecule has 0 aromatic heterocycles. The van der Waals surface area contributed by atoms with E-state index in [-0.39, 0.29) is 15.3 Å². The maximum Gasteiger partial charge on any atom is 0.573 e. The molecule has 0 saturated heterocycles. The molecule has 0 radical (unpaired) electrons. The SMILES string of the molecule is CC[SiH2]C1CCC(C2CCC(c3ccc(OC(F)(F)F)cc3)CC2)CC1. The summed E-state index contributed by atoms with van der Waals surface area (Å²) < 4.78 is 40.8. The van der Waals surface area contributed by atoms with Gasteiger partial charge in [-0.2, -0.15) is 0 Å². The van der Waals surface area contributed by atoms with Gasteiger partial charge in [0.05, 0.1) is 0 Å². The predicted molar refractivity (Wildman–Crippen MR) is 103 cm³/mol. The van der Waals surface area contributed by atoms with E-state index >= 15 is 0 Å². The first-order valence-electron chi connectivity index (χ1n) is 10.3. The van der Waals surface area contributed by atoms with Crippen molar-refractivity contribution >= 4 is 9.52 Å². The lowest BCUT2D eigenvalue weighted by Crippen LogP contribution is -2.25. The van der Waals surface area contributed by atoms with Crippen LogP contribution in [0.25, 0.3) is 0 Å². The van der Waals surface area contributed by atoms with Crippen LogP contribution in [0.5, 0.6) is 5.75 Å². The van der Waals surface area contributed by atoms with Crippen molar-refractivity contribution in [1.29, 1.82) is 0 Å². The van der Waals surface area contributed by atoms with E-state index in [1.165, 1.54) is 69.5 Å². The van der Waals surface area contributed by atoms with Gasteiger partial charge in [-0.15, -0.1) is 13.2 Å². The van der Waals surface area contributed by atoms with Crippen LogP contribution in [0.4, 0.5) is 13.2 Å². The normalized spacial score (nSPS) is 30.6. The van der Waals surface area contributed by atoms with Gasteiger partial charge in [-0.25, -0.2) is 0 Å². The number of halogens is 3. The van der Waals surface area contributed by atoms with Crippen LogP contribution in [-0.2, 0) is 0 Å². The van der Waals surface area contributed by atoms with Crippen LogP contribution in [0.1, 0.15) is 69.8 Å². The second-order valence-electron chi connectivity index (χ2n) is 8.30. The molecule has 2 fully saturated rings. The number of ether oxygens (including phenoxy) is 1. The topological polar surface area (TPSA) is 9.23 Å². The van der Waals surface area contributed by atoms with Gasteiger partial charge in [0.15, 0.2) is 0 Å². The monoisotopic (exact) mass is 384 g/mol. The molecule has 0 N–H and O–H groups in total. The van der Waals surface area contributed by atoms with Gasteiger partial charge >= 0.3 is 6.36 Å². The highest BCUT2D eigenvalue weighted by Crippen LogP contribution is 2.45. The molecule has 1 aromatic rings. The fourth-order valence-electron chi connectivity index (χ4n) is 5.22. The average molecular weight is 385 g/mol. The Morgan fingerprint density at radius 3 is 1.92 bits per heavy atom. The van der Waals surface area contributed by atoms with Crippen LogP contribution in [0.15, 0.2) is 24.3 Å². The highest BCUT2D eigenvalue weighted by Gasteiger charge is 2.32. The molecule has 0 spiro atoms. The second kappa shape index (κ2) is 8.81.